The van der Waals surface area contributed by atoms with Crippen LogP contribution in [0.4, 0.5) is 5.95 Å². The number of aromatic nitrogens is 4. The van der Waals surface area contributed by atoms with Crippen LogP contribution in [0.3, 0.4) is 0 Å². The Morgan fingerprint density at radius 1 is 1.19 bits per heavy atom. The SMILES string of the molecule is COc1nc(CNC(=O)C(=O)c2c[nH]c3ccccc23)nc(N(C)C)n1. The van der Waals surface area contributed by atoms with Gasteiger partial charge in [0.15, 0.2) is 5.82 Å². The molecule has 0 saturated heterocycles. The topological polar surface area (TPSA) is 113 Å². The third kappa shape index (κ3) is 3.46. The van der Waals surface area contributed by atoms with Crippen LogP contribution in [0.15, 0.2) is 30.5 Å². The maximum absolute atomic E-state index is 12.4. The number of Topliss-reactive ketones (excluding diaryl/α,β-unsaturated/α-hetero) is 1. The molecule has 1 amide bonds. The van der Waals surface area contributed by atoms with Crippen LogP contribution in [0, 0.1) is 0 Å². The zero-order valence-corrected chi connectivity index (χ0v) is 14.6. The third-order valence-corrected chi connectivity index (χ3v) is 3.68. The molecular weight excluding hydrogens is 336 g/mol. The van der Waals surface area contributed by atoms with Gasteiger partial charge in [0.05, 0.1) is 19.2 Å². The van der Waals surface area contributed by atoms with Crippen molar-refractivity contribution in [3.8, 4) is 6.01 Å². The number of para-hydroxylation sites is 1. The van der Waals surface area contributed by atoms with Crippen LogP contribution in [0.1, 0.15) is 16.2 Å². The van der Waals surface area contributed by atoms with Crippen molar-refractivity contribution in [3.63, 3.8) is 0 Å². The number of nitrogens with one attached hydrogen (secondary N) is 2. The molecule has 2 N–H and O–H groups in total. The largest absolute Gasteiger partial charge is 0.467 e. The van der Waals surface area contributed by atoms with Crippen molar-refractivity contribution in [2.45, 2.75) is 6.54 Å². The van der Waals surface area contributed by atoms with Crippen molar-refractivity contribution >= 4 is 28.5 Å². The molecule has 9 heteroatoms. The average molecular weight is 354 g/mol. The van der Waals surface area contributed by atoms with Gasteiger partial charge < -0.3 is 19.9 Å². The van der Waals surface area contributed by atoms with Crippen molar-refractivity contribution in [1.82, 2.24) is 25.3 Å². The highest BCUT2D eigenvalue weighted by Gasteiger charge is 2.20. The molecule has 134 valence electrons. The van der Waals surface area contributed by atoms with E-state index in [0.29, 0.717) is 22.7 Å². The molecular formula is C17H18N6O3. The Balaban J connectivity index is 1.74. The first-order valence-electron chi connectivity index (χ1n) is 7.84. The molecule has 0 aliphatic rings. The summed E-state index contributed by atoms with van der Waals surface area (Å²) >= 11 is 0. The number of methoxy groups -OCH3 is 1. The lowest BCUT2D eigenvalue weighted by molar-refractivity contribution is -0.117. The van der Waals surface area contributed by atoms with Crippen molar-refractivity contribution < 1.29 is 14.3 Å². The fourth-order valence-corrected chi connectivity index (χ4v) is 2.38. The van der Waals surface area contributed by atoms with Crippen LogP contribution in [0.25, 0.3) is 10.9 Å². The maximum atomic E-state index is 12.4. The van der Waals surface area contributed by atoms with E-state index in [1.54, 1.807) is 25.1 Å². The minimum Gasteiger partial charge on any atom is -0.467 e. The first-order valence-corrected chi connectivity index (χ1v) is 7.84. The lowest BCUT2D eigenvalue weighted by atomic mass is 10.1. The summed E-state index contributed by atoms with van der Waals surface area (Å²) in [5, 5.41) is 3.24. The number of rotatable bonds is 6. The number of benzene rings is 1. The fourth-order valence-electron chi connectivity index (χ4n) is 2.38. The monoisotopic (exact) mass is 354 g/mol. The molecule has 2 heterocycles. The number of carbonyl (C=O) groups is 2. The van der Waals surface area contributed by atoms with Crippen LogP contribution in [-0.2, 0) is 11.3 Å². The summed E-state index contributed by atoms with van der Waals surface area (Å²) in [6, 6.07) is 7.42. The van der Waals surface area contributed by atoms with Gasteiger partial charge in [-0.3, -0.25) is 9.59 Å². The molecule has 0 unspecified atom stereocenters. The summed E-state index contributed by atoms with van der Waals surface area (Å²) in [5.74, 6) is -0.679. The Morgan fingerprint density at radius 2 is 1.96 bits per heavy atom. The maximum Gasteiger partial charge on any atom is 0.321 e. The normalized spacial score (nSPS) is 10.6. The standard InChI is InChI=1S/C17H18N6O3/c1-23(2)16-20-13(21-17(22-16)26-3)9-19-15(25)14(24)11-8-18-12-7-5-4-6-10(11)12/h4-8,18H,9H2,1-3H3,(H,19,25). The number of fused-ring (bicyclic) bond motifs is 1. The summed E-state index contributed by atoms with van der Waals surface area (Å²) in [4.78, 5) is 41.7. The number of anilines is 1. The summed E-state index contributed by atoms with van der Waals surface area (Å²) in [5.41, 5.74) is 1.11. The van der Waals surface area contributed by atoms with E-state index < -0.39 is 11.7 Å². The van der Waals surface area contributed by atoms with Crippen LogP contribution >= 0.6 is 0 Å². The first kappa shape index (κ1) is 17.3. The Morgan fingerprint density at radius 3 is 2.69 bits per heavy atom. The van der Waals surface area contributed by atoms with Crippen LogP contribution in [-0.4, -0.2) is 52.8 Å². The van der Waals surface area contributed by atoms with Gasteiger partial charge in [0, 0.05) is 31.2 Å². The lowest BCUT2D eigenvalue weighted by Gasteiger charge is -2.12. The van der Waals surface area contributed by atoms with Crippen molar-refractivity contribution in [3.05, 3.63) is 41.9 Å². The highest BCUT2D eigenvalue weighted by atomic mass is 16.5. The number of carbonyl (C=O) groups excluding carboxylic acids is 2. The number of hydrogen-bond acceptors (Lipinski definition) is 7. The molecule has 0 radical (unpaired) electrons. The molecule has 0 spiro atoms. The molecule has 0 saturated carbocycles. The van der Waals surface area contributed by atoms with Gasteiger partial charge in [-0.2, -0.15) is 15.0 Å². The predicted octanol–water partition coefficient (Wildman–Crippen LogP) is 0.927. The summed E-state index contributed by atoms with van der Waals surface area (Å²) < 4.78 is 5.03. The lowest BCUT2D eigenvalue weighted by Crippen LogP contribution is -2.31. The fraction of sp³-hybridized carbons (Fsp3) is 0.235. The van der Waals surface area contributed by atoms with Gasteiger partial charge >= 0.3 is 6.01 Å². The number of nitrogens with zero attached hydrogens (tertiary/aromatic N) is 4. The number of H-pyrrole nitrogens is 1. The molecule has 3 aromatic rings. The van der Waals surface area contributed by atoms with Crippen LogP contribution in [0.5, 0.6) is 6.01 Å². The summed E-state index contributed by atoms with van der Waals surface area (Å²) in [6.45, 7) is -0.0212. The number of hydrogen-bond donors (Lipinski definition) is 2. The molecule has 26 heavy (non-hydrogen) atoms. The van der Waals surface area contributed by atoms with E-state index in [1.807, 2.05) is 18.2 Å². The van der Waals surface area contributed by atoms with Gasteiger partial charge in [-0.25, -0.2) is 0 Å². The van der Waals surface area contributed by atoms with E-state index in [0.717, 1.165) is 5.52 Å². The van der Waals surface area contributed by atoms with E-state index >= 15 is 0 Å². The molecule has 0 aliphatic heterocycles. The Kier molecular flexibility index (Phi) is 4.78. The summed E-state index contributed by atoms with van der Waals surface area (Å²) in [7, 11) is 4.99. The third-order valence-electron chi connectivity index (χ3n) is 3.68. The minimum atomic E-state index is -0.736. The number of amides is 1. The van der Waals surface area contributed by atoms with Gasteiger partial charge in [0.2, 0.25) is 5.95 Å². The van der Waals surface area contributed by atoms with Gasteiger partial charge in [-0.1, -0.05) is 18.2 Å². The highest BCUT2D eigenvalue weighted by Crippen LogP contribution is 2.18. The van der Waals surface area contributed by atoms with Gasteiger partial charge in [-0.15, -0.1) is 0 Å². The average Bonchev–Trinajstić information content (AvgIpc) is 3.09. The molecule has 0 atom stereocenters. The zero-order valence-electron chi connectivity index (χ0n) is 14.6. The highest BCUT2D eigenvalue weighted by molar-refractivity contribution is 6.44. The van der Waals surface area contributed by atoms with Gasteiger partial charge in [0.25, 0.3) is 11.7 Å². The van der Waals surface area contributed by atoms with E-state index in [-0.39, 0.29) is 12.6 Å². The van der Waals surface area contributed by atoms with Crippen LogP contribution in [0.2, 0.25) is 0 Å². The minimum absolute atomic E-state index is 0.0212. The predicted molar refractivity (Wildman–Crippen MR) is 95.2 cm³/mol. The van der Waals surface area contributed by atoms with Gasteiger partial charge in [0.1, 0.15) is 0 Å². The number of aromatic amines is 1. The zero-order chi connectivity index (χ0) is 18.7. The number of ketones is 1. The number of ether oxygens (including phenoxy) is 1. The van der Waals surface area contributed by atoms with E-state index in [4.69, 9.17) is 4.74 Å². The van der Waals surface area contributed by atoms with E-state index in [2.05, 4.69) is 25.3 Å². The molecule has 9 nitrogen and oxygen atoms in total. The Labute approximate surface area is 149 Å². The Hall–Kier alpha value is -3.49. The second-order valence-electron chi connectivity index (χ2n) is 5.69. The second-order valence-corrected chi connectivity index (χ2v) is 5.69. The smallest absolute Gasteiger partial charge is 0.321 e. The van der Waals surface area contributed by atoms with Crippen molar-refractivity contribution in [2.24, 2.45) is 0 Å². The van der Waals surface area contributed by atoms with Gasteiger partial charge in [-0.05, 0) is 6.07 Å². The van der Waals surface area contributed by atoms with E-state index in [9.17, 15) is 9.59 Å². The van der Waals surface area contributed by atoms with Crippen molar-refractivity contribution in [2.75, 3.05) is 26.1 Å². The molecule has 3 rings (SSSR count). The first-order chi connectivity index (χ1) is 12.5. The molecule has 0 bridgehead atoms. The van der Waals surface area contributed by atoms with Crippen molar-refractivity contribution in [1.29, 1.82) is 0 Å². The molecule has 0 aliphatic carbocycles. The Bertz CT molecular complexity index is 966. The summed E-state index contributed by atoms with van der Waals surface area (Å²) in [6.07, 6.45) is 1.53. The molecule has 0 fully saturated rings. The molecule has 1 aromatic carbocycles. The quantitative estimate of drug-likeness (QED) is 0.500. The molecule has 2 aromatic heterocycles. The van der Waals surface area contributed by atoms with E-state index in [1.165, 1.54) is 13.3 Å². The van der Waals surface area contributed by atoms with Crippen LogP contribution < -0.4 is 15.0 Å². The second kappa shape index (κ2) is 7.18.